The van der Waals surface area contributed by atoms with Gasteiger partial charge in [-0.1, -0.05) is 11.6 Å². The molecule has 1 aliphatic heterocycles. The molecule has 2 aliphatic rings. The zero-order valence-electron chi connectivity index (χ0n) is 15.8. The lowest BCUT2D eigenvalue weighted by atomic mass is 10.1. The summed E-state index contributed by atoms with van der Waals surface area (Å²) >= 11 is 5.88. The monoisotopic (exact) mass is 388 g/mol. The summed E-state index contributed by atoms with van der Waals surface area (Å²) in [5.74, 6) is 1.09. The Morgan fingerprint density at radius 3 is 2.74 bits per heavy atom. The van der Waals surface area contributed by atoms with Crippen molar-refractivity contribution in [2.75, 3.05) is 13.1 Å². The third-order valence-electron chi connectivity index (χ3n) is 5.17. The summed E-state index contributed by atoms with van der Waals surface area (Å²) in [6.45, 7) is 5.54. The quantitative estimate of drug-likeness (QED) is 0.774. The smallest absolute Gasteiger partial charge is 0.257 e. The summed E-state index contributed by atoms with van der Waals surface area (Å²) in [6.07, 6.45) is 7.39. The molecule has 4 rings (SSSR count). The number of ether oxygens (including phenoxy) is 1. The standard InChI is InChI=1S/C20H25ClN4O2/c1-13(2)25-19(14-5-6-14)17(11-23-25)20(26)24-9-3-4-16(12-24)27-18-8-7-15(21)10-22-18/h7-8,10-11,13-14,16H,3-6,9,12H2,1-2H3/t16-/m0/s1. The summed E-state index contributed by atoms with van der Waals surface area (Å²) in [4.78, 5) is 19.3. The summed E-state index contributed by atoms with van der Waals surface area (Å²) in [5, 5.41) is 5.08. The Bertz CT molecular complexity index is 814. The lowest BCUT2D eigenvalue weighted by Gasteiger charge is -2.32. The Kier molecular flexibility index (Phi) is 5.08. The molecule has 1 atom stereocenters. The molecule has 27 heavy (non-hydrogen) atoms. The number of pyridine rings is 1. The van der Waals surface area contributed by atoms with Crippen molar-refractivity contribution in [3.63, 3.8) is 0 Å². The summed E-state index contributed by atoms with van der Waals surface area (Å²) in [5.41, 5.74) is 1.87. The second-order valence-electron chi connectivity index (χ2n) is 7.70. The Labute approximate surface area is 164 Å². The highest BCUT2D eigenvalue weighted by molar-refractivity contribution is 6.30. The van der Waals surface area contributed by atoms with E-state index < -0.39 is 0 Å². The van der Waals surface area contributed by atoms with Gasteiger partial charge in [-0.15, -0.1) is 0 Å². The first-order chi connectivity index (χ1) is 13.0. The van der Waals surface area contributed by atoms with Gasteiger partial charge in [0.15, 0.2) is 0 Å². The third-order valence-corrected chi connectivity index (χ3v) is 5.39. The molecule has 2 aromatic heterocycles. The van der Waals surface area contributed by atoms with Gasteiger partial charge in [-0.3, -0.25) is 9.48 Å². The number of hydrogen-bond acceptors (Lipinski definition) is 4. The normalized spacial score (nSPS) is 20.1. The topological polar surface area (TPSA) is 60.2 Å². The van der Waals surface area contributed by atoms with Gasteiger partial charge in [0.05, 0.1) is 29.0 Å². The van der Waals surface area contributed by atoms with Gasteiger partial charge in [0.2, 0.25) is 5.88 Å². The predicted molar refractivity (Wildman–Crippen MR) is 103 cm³/mol. The van der Waals surface area contributed by atoms with Gasteiger partial charge in [0.25, 0.3) is 5.91 Å². The zero-order valence-corrected chi connectivity index (χ0v) is 16.5. The number of piperidine rings is 1. The van der Waals surface area contributed by atoms with Crippen molar-refractivity contribution in [1.82, 2.24) is 19.7 Å². The number of amides is 1. The van der Waals surface area contributed by atoms with Gasteiger partial charge in [0, 0.05) is 30.8 Å². The average molecular weight is 389 g/mol. The number of aromatic nitrogens is 3. The third kappa shape index (κ3) is 3.95. The van der Waals surface area contributed by atoms with Crippen molar-refractivity contribution >= 4 is 17.5 Å². The van der Waals surface area contributed by atoms with E-state index >= 15 is 0 Å². The molecule has 2 aromatic rings. The molecule has 0 aromatic carbocycles. The van der Waals surface area contributed by atoms with Crippen LogP contribution in [0.5, 0.6) is 5.88 Å². The lowest BCUT2D eigenvalue weighted by molar-refractivity contribution is 0.0526. The highest BCUT2D eigenvalue weighted by Crippen LogP contribution is 2.42. The van der Waals surface area contributed by atoms with Crippen LogP contribution in [0.3, 0.4) is 0 Å². The van der Waals surface area contributed by atoms with Crippen LogP contribution in [0.4, 0.5) is 0 Å². The molecule has 1 saturated carbocycles. The number of rotatable bonds is 5. The van der Waals surface area contributed by atoms with E-state index in [1.165, 1.54) is 0 Å². The van der Waals surface area contributed by atoms with E-state index in [0.29, 0.717) is 23.4 Å². The van der Waals surface area contributed by atoms with Crippen LogP contribution in [0, 0.1) is 0 Å². The molecule has 0 unspecified atom stereocenters. The van der Waals surface area contributed by atoms with Gasteiger partial charge < -0.3 is 9.64 Å². The van der Waals surface area contributed by atoms with Crippen LogP contribution in [-0.4, -0.2) is 44.8 Å². The van der Waals surface area contributed by atoms with Crippen LogP contribution in [0.1, 0.15) is 67.5 Å². The minimum Gasteiger partial charge on any atom is -0.472 e. The highest BCUT2D eigenvalue weighted by atomic mass is 35.5. The van der Waals surface area contributed by atoms with Crippen LogP contribution in [0.25, 0.3) is 0 Å². The van der Waals surface area contributed by atoms with Crippen molar-refractivity contribution in [3.05, 3.63) is 40.8 Å². The Hall–Kier alpha value is -2.08. The molecule has 144 valence electrons. The van der Waals surface area contributed by atoms with Crippen LogP contribution in [-0.2, 0) is 0 Å². The van der Waals surface area contributed by atoms with Crippen LogP contribution < -0.4 is 4.74 Å². The molecule has 7 heteroatoms. The van der Waals surface area contributed by atoms with E-state index in [9.17, 15) is 4.79 Å². The van der Waals surface area contributed by atoms with E-state index in [-0.39, 0.29) is 18.1 Å². The van der Waals surface area contributed by atoms with Gasteiger partial charge in [-0.2, -0.15) is 5.10 Å². The first-order valence-corrected chi connectivity index (χ1v) is 10.1. The van der Waals surface area contributed by atoms with Crippen molar-refractivity contribution in [1.29, 1.82) is 0 Å². The average Bonchev–Trinajstić information content (AvgIpc) is 3.41. The highest BCUT2D eigenvalue weighted by Gasteiger charge is 2.35. The molecule has 0 N–H and O–H groups in total. The first-order valence-electron chi connectivity index (χ1n) is 9.68. The predicted octanol–water partition coefficient (Wildman–Crippen LogP) is 4.07. The van der Waals surface area contributed by atoms with E-state index in [1.54, 1.807) is 24.5 Å². The minimum absolute atomic E-state index is 0.0547. The molecular formula is C20H25ClN4O2. The second kappa shape index (κ2) is 7.50. The number of carbonyl (C=O) groups is 1. The maximum atomic E-state index is 13.2. The van der Waals surface area contributed by atoms with E-state index in [1.807, 2.05) is 9.58 Å². The first kappa shape index (κ1) is 18.3. The van der Waals surface area contributed by atoms with Crippen LogP contribution in [0.15, 0.2) is 24.5 Å². The largest absolute Gasteiger partial charge is 0.472 e. The van der Waals surface area contributed by atoms with E-state index in [2.05, 4.69) is 23.9 Å². The second-order valence-corrected chi connectivity index (χ2v) is 8.14. The fourth-order valence-corrected chi connectivity index (χ4v) is 3.82. The van der Waals surface area contributed by atoms with Crippen LogP contribution in [0.2, 0.25) is 5.02 Å². The SMILES string of the molecule is CC(C)n1ncc(C(=O)N2CCC[C@H](Oc3ccc(Cl)cn3)C2)c1C1CC1. The molecule has 0 radical (unpaired) electrons. The molecule has 6 nitrogen and oxygen atoms in total. The van der Waals surface area contributed by atoms with Gasteiger partial charge in [-0.05, 0) is 45.6 Å². The number of carbonyl (C=O) groups excluding carboxylic acids is 1. The number of hydrogen-bond donors (Lipinski definition) is 0. The number of nitrogens with zero attached hydrogens (tertiary/aromatic N) is 4. The number of halogens is 1. The fraction of sp³-hybridized carbons (Fsp3) is 0.550. The fourth-order valence-electron chi connectivity index (χ4n) is 3.70. The maximum absolute atomic E-state index is 13.2. The molecule has 3 heterocycles. The van der Waals surface area contributed by atoms with Crippen molar-refractivity contribution in [2.24, 2.45) is 0 Å². The summed E-state index contributed by atoms with van der Waals surface area (Å²) < 4.78 is 7.99. The van der Waals surface area contributed by atoms with Gasteiger partial charge >= 0.3 is 0 Å². The molecular weight excluding hydrogens is 364 g/mol. The minimum atomic E-state index is -0.0547. The van der Waals surface area contributed by atoms with Gasteiger partial charge in [-0.25, -0.2) is 4.98 Å². The summed E-state index contributed by atoms with van der Waals surface area (Å²) in [6, 6.07) is 3.79. The molecule has 1 aliphatic carbocycles. The Balaban J connectivity index is 1.48. The Morgan fingerprint density at radius 1 is 1.26 bits per heavy atom. The van der Waals surface area contributed by atoms with Crippen LogP contribution >= 0.6 is 11.6 Å². The lowest BCUT2D eigenvalue weighted by Crippen LogP contribution is -2.44. The van der Waals surface area contributed by atoms with E-state index in [4.69, 9.17) is 16.3 Å². The van der Waals surface area contributed by atoms with Crippen molar-refractivity contribution in [3.8, 4) is 5.88 Å². The molecule has 2 fully saturated rings. The maximum Gasteiger partial charge on any atom is 0.257 e. The van der Waals surface area contributed by atoms with Gasteiger partial charge in [0.1, 0.15) is 6.10 Å². The number of likely N-dealkylation sites (tertiary alicyclic amines) is 1. The van der Waals surface area contributed by atoms with Crippen molar-refractivity contribution < 1.29 is 9.53 Å². The molecule has 0 spiro atoms. The Morgan fingerprint density at radius 2 is 2.07 bits per heavy atom. The molecule has 1 amide bonds. The summed E-state index contributed by atoms with van der Waals surface area (Å²) in [7, 11) is 0. The van der Waals surface area contributed by atoms with E-state index in [0.717, 1.165) is 43.5 Å². The molecule has 1 saturated heterocycles. The van der Waals surface area contributed by atoms with Crippen molar-refractivity contribution in [2.45, 2.75) is 57.6 Å². The molecule has 0 bridgehead atoms. The zero-order chi connectivity index (χ0) is 19.0.